The zero-order chi connectivity index (χ0) is 22.6. The van der Waals surface area contributed by atoms with Gasteiger partial charge in [0.05, 0.1) is 10.4 Å². The highest BCUT2D eigenvalue weighted by Gasteiger charge is 2.44. The van der Waals surface area contributed by atoms with Crippen LogP contribution in [0.2, 0.25) is 5.02 Å². The molecule has 0 radical (unpaired) electrons. The van der Waals surface area contributed by atoms with Crippen LogP contribution in [0.3, 0.4) is 0 Å². The molecular formula is C22H25ClN2O5S. The number of ether oxygens (including phenoxy) is 1. The molecule has 1 amide bonds. The van der Waals surface area contributed by atoms with Gasteiger partial charge in [-0.05, 0) is 36.6 Å². The predicted octanol–water partition coefficient (Wildman–Crippen LogP) is 3.58. The van der Waals surface area contributed by atoms with Crippen LogP contribution in [0.1, 0.15) is 31.2 Å². The third-order valence-electron chi connectivity index (χ3n) is 5.48. The summed E-state index contributed by atoms with van der Waals surface area (Å²) in [6, 6.07) is 13.6. The lowest BCUT2D eigenvalue weighted by atomic mass is 9.79. The average molecular weight is 465 g/mol. The van der Waals surface area contributed by atoms with Gasteiger partial charge in [-0.25, -0.2) is 12.7 Å². The van der Waals surface area contributed by atoms with Crippen LogP contribution >= 0.6 is 11.6 Å². The highest BCUT2D eigenvalue weighted by molar-refractivity contribution is 7.89. The van der Waals surface area contributed by atoms with E-state index in [1.807, 2.05) is 30.3 Å². The molecule has 1 N–H and O–H groups in total. The van der Waals surface area contributed by atoms with Gasteiger partial charge in [-0.3, -0.25) is 9.59 Å². The van der Waals surface area contributed by atoms with Crippen LogP contribution in [-0.4, -0.2) is 45.3 Å². The van der Waals surface area contributed by atoms with Crippen molar-refractivity contribution in [3.05, 3.63) is 59.1 Å². The summed E-state index contributed by atoms with van der Waals surface area (Å²) < 4.78 is 31.2. The normalized spacial score (nSPS) is 15.6. The quantitative estimate of drug-likeness (QED) is 0.632. The molecule has 0 saturated heterocycles. The zero-order valence-corrected chi connectivity index (χ0v) is 19.0. The average Bonchev–Trinajstić information content (AvgIpc) is 3.25. The van der Waals surface area contributed by atoms with E-state index in [0.717, 1.165) is 22.7 Å². The van der Waals surface area contributed by atoms with Crippen molar-refractivity contribution in [3.8, 4) is 0 Å². The number of nitrogens with one attached hydrogen (secondary N) is 1. The molecule has 0 spiro atoms. The number of rotatable bonds is 7. The van der Waals surface area contributed by atoms with Gasteiger partial charge in [0.25, 0.3) is 5.91 Å². The van der Waals surface area contributed by atoms with Crippen molar-refractivity contribution in [2.24, 2.45) is 0 Å². The minimum atomic E-state index is -3.78. The molecule has 3 rings (SSSR count). The van der Waals surface area contributed by atoms with Gasteiger partial charge < -0.3 is 10.1 Å². The third-order valence-corrected chi connectivity index (χ3v) is 7.78. The van der Waals surface area contributed by atoms with E-state index in [0.29, 0.717) is 12.8 Å². The van der Waals surface area contributed by atoms with Crippen molar-refractivity contribution in [3.63, 3.8) is 0 Å². The van der Waals surface area contributed by atoms with E-state index in [1.165, 1.54) is 32.3 Å². The van der Waals surface area contributed by atoms with E-state index in [9.17, 15) is 18.0 Å². The Morgan fingerprint density at radius 1 is 1.10 bits per heavy atom. The first kappa shape index (κ1) is 23.2. The van der Waals surface area contributed by atoms with Crippen LogP contribution in [0, 0.1) is 0 Å². The largest absolute Gasteiger partial charge is 0.455 e. The SMILES string of the molecule is CN(C)S(=O)(=O)c1cc(NC(=O)COC(=O)C2(c3ccccc3)CCCC2)ccc1Cl. The van der Waals surface area contributed by atoms with Gasteiger partial charge in [0.2, 0.25) is 10.0 Å². The molecule has 1 aliphatic carbocycles. The van der Waals surface area contributed by atoms with Gasteiger partial charge in [0.15, 0.2) is 6.61 Å². The van der Waals surface area contributed by atoms with Crippen LogP contribution in [0.25, 0.3) is 0 Å². The van der Waals surface area contributed by atoms with E-state index < -0.39 is 33.9 Å². The molecule has 9 heteroatoms. The monoisotopic (exact) mass is 464 g/mol. The van der Waals surface area contributed by atoms with Crippen molar-refractivity contribution >= 4 is 39.2 Å². The Morgan fingerprint density at radius 2 is 1.74 bits per heavy atom. The van der Waals surface area contributed by atoms with Gasteiger partial charge >= 0.3 is 5.97 Å². The van der Waals surface area contributed by atoms with Gasteiger partial charge in [-0.2, -0.15) is 0 Å². The smallest absolute Gasteiger partial charge is 0.317 e. The summed E-state index contributed by atoms with van der Waals surface area (Å²) in [6.45, 7) is -0.466. The number of hydrogen-bond donors (Lipinski definition) is 1. The van der Waals surface area contributed by atoms with Crippen LogP contribution in [0.5, 0.6) is 0 Å². The van der Waals surface area contributed by atoms with Crippen molar-refractivity contribution in [2.75, 3.05) is 26.0 Å². The summed E-state index contributed by atoms with van der Waals surface area (Å²) in [4.78, 5) is 25.2. The maximum absolute atomic E-state index is 12.9. The minimum Gasteiger partial charge on any atom is -0.455 e. The fraction of sp³-hybridized carbons (Fsp3) is 0.364. The Kier molecular flexibility index (Phi) is 7.03. The molecule has 0 aromatic heterocycles. The lowest BCUT2D eigenvalue weighted by Crippen LogP contribution is -2.36. The summed E-state index contributed by atoms with van der Waals surface area (Å²) in [7, 11) is -0.995. The second-order valence-corrected chi connectivity index (χ2v) is 10.2. The molecule has 0 atom stereocenters. The molecular weight excluding hydrogens is 440 g/mol. The number of anilines is 1. The molecule has 2 aromatic rings. The Hall–Kier alpha value is -2.42. The highest BCUT2D eigenvalue weighted by Crippen LogP contribution is 2.42. The number of halogens is 1. The minimum absolute atomic E-state index is 0.0455. The summed E-state index contributed by atoms with van der Waals surface area (Å²) in [5.74, 6) is -0.983. The number of amides is 1. The maximum Gasteiger partial charge on any atom is 0.317 e. The Balaban J connectivity index is 1.69. The molecule has 0 heterocycles. The van der Waals surface area contributed by atoms with Crippen LogP contribution in [-0.2, 0) is 29.8 Å². The molecule has 1 aliphatic rings. The number of benzene rings is 2. The van der Waals surface area contributed by atoms with Crippen molar-refractivity contribution in [1.82, 2.24) is 4.31 Å². The number of carbonyl (C=O) groups excluding carboxylic acids is 2. The van der Waals surface area contributed by atoms with Crippen LogP contribution in [0.4, 0.5) is 5.69 Å². The fourth-order valence-electron chi connectivity index (χ4n) is 3.79. The second-order valence-electron chi connectivity index (χ2n) is 7.71. The molecule has 0 unspecified atom stereocenters. The second kappa shape index (κ2) is 9.38. The van der Waals surface area contributed by atoms with Crippen LogP contribution in [0.15, 0.2) is 53.4 Å². The van der Waals surface area contributed by atoms with E-state index >= 15 is 0 Å². The van der Waals surface area contributed by atoms with Gasteiger partial charge in [0, 0.05) is 19.8 Å². The number of nitrogens with zero attached hydrogens (tertiary/aromatic N) is 1. The first-order valence-electron chi connectivity index (χ1n) is 9.91. The lowest BCUT2D eigenvalue weighted by Gasteiger charge is -2.27. The third kappa shape index (κ3) is 4.92. The first-order chi connectivity index (χ1) is 14.7. The molecule has 31 heavy (non-hydrogen) atoms. The molecule has 0 bridgehead atoms. The van der Waals surface area contributed by atoms with Gasteiger partial charge in [-0.15, -0.1) is 0 Å². The summed E-state index contributed by atoms with van der Waals surface area (Å²) in [6.07, 6.45) is 3.20. The molecule has 166 valence electrons. The summed E-state index contributed by atoms with van der Waals surface area (Å²) >= 11 is 6.02. The number of sulfonamides is 1. The van der Waals surface area contributed by atoms with Crippen LogP contribution < -0.4 is 5.32 Å². The predicted molar refractivity (Wildman–Crippen MR) is 119 cm³/mol. The number of esters is 1. The maximum atomic E-state index is 12.9. The van der Waals surface area contributed by atoms with Gasteiger partial charge in [0.1, 0.15) is 4.90 Å². The summed E-state index contributed by atoms with van der Waals surface area (Å²) in [5, 5.41) is 2.61. The standard InChI is InChI=1S/C22H25ClN2O5S/c1-25(2)31(28,29)19-14-17(10-11-18(19)23)24-20(26)15-30-21(27)22(12-6-7-13-22)16-8-4-3-5-9-16/h3-5,8-11,14H,6-7,12-13,15H2,1-2H3,(H,24,26). The van der Waals surface area contributed by atoms with E-state index in [4.69, 9.17) is 16.3 Å². The molecule has 1 fully saturated rings. The van der Waals surface area contributed by atoms with Crippen molar-refractivity contribution in [2.45, 2.75) is 36.0 Å². The Morgan fingerprint density at radius 3 is 2.35 bits per heavy atom. The molecule has 7 nitrogen and oxygen atoms in total. The Labute approximate surface area is 187 Å². The number of hydrogen-bond acceptors (Lipinski definition) is 5. The molecule has 2 aromatic carbocycles. The van der Waals surface area contributed by atoms with E-state index in [1.54, 1.807) is 0 Å². The lowest BCUT2D eigenvalue weighted by molar-refractivity contribution is -0.153. The first-order valence-corrected chi connectivity index (χ1v) is 11.7. The highest BCUT2D eigenvalue weighted by atomic mass is 35.5. The molecule has 0 aliphatic heterocycles. The van der Waals surface area contributed by atoms with Crippen molar-refractivity contribution in [1.29, 1.82) is 0 Å². The van der Waals surface area contributed by atoms with E-state index in [-0.39, 0.29) is 15.6 Å². The van der Waals surface area contributed by atoms with E-state index in [2.05, 4.69) is 5.32 Å². The van der Waals surface area contributed by atoms with Gasteiger partial charge in [-0.1, -0.05) is 54.8 Å². The fourth-order valence-corrected chi connectivity index (χ4v) is 5.18. The topological polar surface area (TPSA) is 92.8 Å². The van der Waals surface area contributed by atoms with Crippen molar-refractivity contribution < 1.29 is 22.7 Å². The number of carbonyl (C=O) groups is 2. The zero-order valence-electron chi connectivity index (χ0n) is 17.4. The Bertz CT molecular complexity index is 1060. The molecule has 1 saturated carbocycles. The summed E-state index contributed by atoms with van der Waals surface area (Å²) in [5.41, 5.74) is 0.410.